The van der Waals surface area contributed by atoms with Crippen molar-refractivity contribution in [2.45, 2.75) is 12.8 Å². The molecule has 2 heteroatoms. The van der Waals surface area contributed by atoms with E-state index in [2.05, 4.69) is 37.1 Å². The molecule has 80 valence electrons. The third-order valence-electron chi connectivity index (χ3n) is 2.63. The van der Waals surface area contributed by atoms with Gasteiger partial charge in [-0.1, -0.05) is 29.8 Å². The van der Waals surface area contributed by atoms with Gasteiger partial charge in [-0.15, -0.1) is 23.9 Å². The first-order valence-corrected chi connectivity index (χ1v) is 5.55. The van der Waals surface area contributed by atoms with Crippen LogP contribution in [-0.2, 0) is 0 Å². The minimum atomic E-state index is 0.0133. The quantitative estimate of drug-likeness (QED) is 0.614. The first kappa shape index (κ1) is 12.1. The largest absolute Gasteiger partial charge is 0.330 e. The highest BCUT2D eigenvalue weighted by Crippen LogP contribution is 2.24. The van der Waals surface area contributed by atoms with E-state index in [4.69, 9.17) is 23.8 Å². The second-order valence-electron chi connectivity index (χ2n) is 3.68. The zero-order valence-corrected chi connectivity index (χ0v) is 9.67. The normalized spacial score (nSPS) is 14.3. The van der Waals surface area contributed by atoms with Gasteiger partial charge in [-0.25, -0.2) is 0 Å². The average Bonchev–Trinajstić information content (AvgIpc) is 2.27. The fourth-order valence-electron chi connectivity index (χ4n) is 1.61. The minimum absolute atomic E-state index is 0.0133. The van der Waals surface area contributed by atoms with Gasteiger partial charge in [0.25, 0.3) is 0 Å². The third-order valence-corrected chi connectivity index (χ3v) is 2.96. The molecule has 0 aromatic heterocycles. The van der Waals surface area contributed by atoms with E-state index in [-0.39, 0.29) is 11.8 Å². The van der Waals surface area contributed by atoms with Crippen LogP contribution < -0.4 is 5.73 Å². The third kappa shape index (κ3) is 2.99. The Morgan fingerprint density at radius 1 is 1.40 bits per heavy atom. The smallest absolute Gasteiger partial charge is 0.0416 e. The molecule has 2 atom stereocenters. The van der Waals surface area contributed by atoms with Crippen molar-refractivity contribution in [3.05, 3.63) is 35.4 Å². The SMILES string of the molecule is C#C[C@@H](CCl)[C@H](CN)c1ccc(C)cc1. The summed E-state index contributed by atoms with van der Waals surface area (Å²) in [5, 5.41) is 0. The van der Waals surface area contributed by atoms with Crippen molar-refractivity contribution in [2.75, 3.05) is 12.4 Å². The fraction of sp³-hybridized carbons (Fsp3) is 0.385. The summed E-state index contributed by atoms with van der Waals surface area (Å²) >= 11 is 5.82. The number of aryl methyl sites for hydroxylation is 1. The first-order valence-electron chi connectivity index (χ1n) is 5.01. The molecule has 15 heavy (non-hydrogen) atoms. The van der Waals surface area contributed by atoms with Crippen LogP contribution in [0.25, 0.3) is 0 Å². The van der Waals surface area contributed by atoms with Crippen molar-refractivity contribution in [3.63, 3.8) is 0 Å². The molecule has 2 N–H and O–H groups in total. The van der Waals surface area contributed by atoms with Crippen molar-refractivity contribution in [2.24, 2.45) is 11.7 Å². The number of rotatable bonds is 4. The predicted octanol–water partition coefficient (Wildman–Crippen LogP) is 2.53. The summed E-state index contributed by atoms with van der Waals surface area (Å²) in [7, 11) is 0. The lowest BCUT2D eigenvalue weighted by atomic mass is 9.87. The molecule has 0 aliphatic carbocycles. The summed E-state index contributed by atoms with van der Waals surface area (Å²) in [6, 6.07) is 8.28. The number of benzene rings is 1. The summed E-state index contributed by atoms with van der Waals surface area (Å²) in [6.45, 7) is 2.59. The van der Waals surface area contributed by atoms with Crippen LogP contribution in [0.1, 0.15) is 17.0 Å². The average molecular weight is 222 g/mol. The molecule has 1 aromatic carbocycles. The highest BCUT2D eigenvalue weighted by atomic mass is 35.5. The molecule has 0 unspecified atom stereocenters. The Bertz CT molecular complexity index is 337. The molecule has 0 heterocycles. The number of terminal acetylenes is 1. The van der Waals surface area contributed by atoms with E-state index in [0.29, 0.717) is 12.4 Å². The number of halogens is 1. The number of nitrogens with two attached hydrogens (primary N) is 1. The number of hydrogen-bond donors (Lipinski definition) is 1. The first-order chi connectivity index (χ1) is 7.22. The highest BCUT2D eigenvalue weighted by Gasteiger charge is 2.18. The van der Waals surface area contributed by atoms with Crippen LogP contribution >= 0.6 is 11.6 Å². The van der Waals surface area contributed by atoms with Crippen LogP contribution in [0.5, 0.6) is 0 Å². The van der Waals surface area contributed by atoms with Gasteiger partial charge in [0.1, 0.15) is 0 Å². The molecule has 0 spiro atoms. The van der Waals surface area contributed by atoms with E-state index in [1.54, 1.807) is 0 Å². The zero-order valence-electron chi connectivity index (χ0n) is 8.91. The van der Waals surface area contributed by atoms with Crippen LogP contribution in [-0.4, -0.2) is 12.4 Å². The molecule has 0 fully saturated rings. The fourth-order valence-corrected chi connectivity index (χ4v) is 1.92. The summed E-state index contributed by atoms with van der Waals surface area (Å²) in [5.74, 6) is 3.33. The maximum absolute atomic E-state index is 5.82. The Morgan fingerprint density at radius 3 is 2.40 bits per heavy atom. The maximum atomic E-state index is 5.82. The molecule has 0 aliphatic rings. The highest BCUT2D eigenvalue weighted by molar-refractivity contribution is 6.18. The van der Waals surface area contributed by atoms with E-state index in [1.807, 2.05) is 0 Å². The minimum Gasteiger partial charge on any atom is -0.330 e. The van der Waals surface area contributed by atoms with Crippen molar-refractivity contribution in [3.8, 4) is 12.3 Å². The molecule has 1 rings (SSSR count). The monoisotopic (exact) mass is 221 g/mol. The molecular formula is C13H16ClN. The van der Waals surface area contributed by atoms with E-state index in [1.165, 1.54) is 11.1 Å². The molecule has 1 nitrogen and oxygen atoms in total. The summed E-state index contributed by atoms with van der Waals surface area (Å²) in [6.07, 6.45) is 5.44. The van der Waals surface area contributed by atoms with Crippen molar-refractivity contribution >= 4 is 11.6 Å². The van der Waals surface area contributed by atoms with Gasteiger partial charge in [0.05, 0.1) is 0 Å². The lowest BCUT2D eigenvalue weighted by Crippen LogP contribution is -2.21. The van der Waals surface area contributed by atoms with E-state index in [0.717, 1.165) is 0 Å². The Hall–Kier alpha value is -0.970. The molecule has 0 radical (unpaired) electrons. The second-order valence-corrected chi connectivity index (χ2v) is 3.99. The molecule has 1 aromatic rings. The van der Waals surface area contributed by atoms with Gasteiger partial charge < -0.3 is 5.73 Å². The standard InChI is InChI=1S/C13H16ClN/c1-3-11(8-14)13(9-15)12-6-4-10(2)5-7-12/h1,4-7,11,13H,8-9,15H2,2H3/t11-,13-/m0/s1. The number of alkyl halides is 1. The predicted molar refractivity (Wildman–Crippen MR) is 66.0 cm³/mol. The van der Waals surface area contributed by atoms with Crippen LogP contribution in [0, 0.1) is 25.2 Å². The van der Waals surface area contributed by atoms with E-state index >= 15 is 0 Å². The van der Waals surface area contributed by atoms with Crippen molar-refractivity contribution in [1.82, 2.24) is 0 Å². The van der Waals surface area contributed by atoms with E-state index < -0.39 is 0 Å². The van der Waals surface area contributed by atoms with Crippen LogP contribution in [0.3, 0.4) is 0 Å². The number of hydrogen-bond acceptors (Lipinski definition) is 1. The lowest BCUT2D eigenvalue weighted by molar-refractivity contribution is 0.576. The maximum Gasteiger partial charge on any atom is 0.0416 e. The molecule has 0 saturated carbocycles. The lowest BCUT2D eigenvalue weighted by Gasteiger charge is -2.20. The molecular weight excluding hydrogens is 206 g/mol. The van der Waals surface area contributed by atoms with Crippen LogP contribution in [0.2, 0.25) is 0 Å². The van der Waals surface area contributed by atoms with Gasteiger partial charge in [-0.05, 0) is 12.5 Å². The Kier molecular flexibility index (Phi) is 4.68. The van der Waals surface area contributed by atoms with Gasteiger partial charge >= 0.3 is 0 Å². The summed E-state index contributed by atoms with van der Waals surface area (Å²) < 4.78 is 0. The Balaban J connectivity index is 2.92. The Morgan fingerprint density at radius 2 is 2.00 bits per heavy atom. The Labute approximate surface area is 96.6 Å². The summed E-state index contributed by atoms with van der Waals surface area (Å²) in [4.78, 5) is 0. The molecule has 0 amide bonds. The zero-order chi connectivity index (χ0) is 11.3. The van der Waals surface area contributed by atoms with Gasteiger partial charge in [-0.3, -0.25) is 0 Å². The van der Waals surface area contributed by atoms with E-state index in [9.17, 15) is 0 Å². The van der Waals surface area contributed by atoms with Crippen molar-refractivity contribution < 1.29 is 0 Å². The van der Waals surface area contributed by atoms with Crippen LogP contribution in [0.15, 0.2) is 24.3 Å². The topological polar surface area (TPSA) is 26.0 Å². The van der Waals surface area contributed by atoms with Gasteiger partial charge in [-0.2, -0.15) is 0 Å². The van der Waals surface area contributed by atoms with Crippen molar-refractivity contribution in [1.29, 1.82) is 0 Å². The van der Waals surface area contributed by atoms with Crippen LogP contribution in [0.4, 0.5) is 0 Å². The van der Waals surface area contributed by atoms with Gasteiger partial charge in [0.15, 0.2) is 0 Å². The summed E-state index contributed by atoms with van der Waals surface area (Å²) in [5.41, 5.74) is 8.15. The molecule has 0 aliphatic heterocycles. The second kappa shape index (κ2) is 5.80. The molecule has 0 bridgehead atoms. The molecule has 0 saturated heterocycles. The van der Waals surface area contributed by atoms with Gasteiger partial charge in [0.2, 0.25) is 0 Å². The van der Waals surface area contributed by atoms with Gasteiger partial charge in [0, 0.05) is 24.3 Å².